The van der Waals surface area contributed by atoms with Crippen LogP contribution in [-0.4, -0.2) is 0 Å². The predicted molar refractivity (Wildman–Crippen MR) is 269 cm³/mol. The van der Waals surface area contributed by atoms with Crippen molar-refractivity contribution in [1.82, 2.24) is 0 Å². The molecule has 4 heterocycles. The summed E-state index contributed by atoms with van der Waals surface area (Å²) in [5.41, 5.74) is 24.2. The number of aryl methyl sites for hydroxylation is 12. The van der Waals surface area contributed by atoms with E-state index in [1.54, 1.807) is 12.1 Å². The molecule has 0 atom stereocenters. The molecule has 4 aromatic carbocycles. The third-order valence-electron chi connectivity index (χ3n) is 12.4. The maximum atomic E-state index is 7.45. The Morgan fingerprint density at radius 1 is 0.281 bits per heavy atom. The Kier molecular flexibility index (Phi) is 15.0. The molecule has 328 valence electrons. The van der Waals surface area contributed by atoms with E-state index in [9.17, 15) is 0 Å². The zero-order chi connectivity index (χ0) is 49.3. The molecule has 4 nitrogen and oxygen atoms in total. The van der Waals surface area contributed by atoms with E-state index in [-0.39, 0.29) is 0 Å². The van der Waals surface area contributed by atoms with E-state index in [4.69, 9.17) is 4.11 Å². The standard InChI is InChI=1S/4C15H18N/c2*1-11-8-9-14(12(2)10-11)15-7-5-6-13(3)16(15)4;2*1-11-8-9-12(2)14(10-11)15-7-5-6-13(3)16(15)4/h4*5-10H,1-4H3/q4*+1/i1D3;;;. The normalized spacial score (nSPS) is 11.4. The number of hydrogen-bond donors (Lipinski definition) is 0. The highest BCUT2D eigenvalue weighted by atomic mass is 15.0. The van der Waals surface area contributed by atoms with Gasteiger partial charge < -0.3 is 0 Å². The molecular formula is C60H72N4+4. The third kappa shape index (κ3) is 11.9. The Morgan fingerprint density at radius 3 is 0.891 bits per heavy atom. The van der Waals surface area contributed by atoms with E-state index in [0.717, 1.165) is 22.5 Å². The molecule has 0 aliphatic rings. The largest absolute Gasteiger partial charge is 0.212 e. The Balaban J connectivity index is 0.000000168. The molecule has 0 aliphatic heterocycles. The number of nitrogens with zero attached hydrogens (tertiary/aromatic N) is 4. The summed E-state index contributed by atoms with van der Waals surface area (Å²) in [4.78, 5) is 0. The van der Waals surface area contributed by atoms with Gasteiger partial charge in [-0.05, 0) is 126 Å². The molecule has 0 aliphatic carbocycles. The van der Waals surface area contributed by atoms with Crippen LogP contribution in [0, 0.1) is 83.0 Å². The van der Waals surface area contributed by atoms with Crippen molar-refractivity contribution in [3.63, 3.8) is 0 Å². The van der Waals surface area contributed by atoms with Gasteiger partial charge in [-0.25, -0.2) is 0 Å². The van der Waals surface area contributed by atoms with Gasteiger partial charge in [-0.3, -0.25) is 0 Å². The van der Waals surface area contributed by atoms with Crippen LogP contribution in [0.3, 0.4) is 0 Å². The molecule has 0 saturated carbocycles. The molecule has 0 bridgehead atoms. The number of benzene rings is 4. The summed E-state index contributed by atoms with van der Waals surface area (Å²) in [7, 11) is 8.37. The van der Waals surface area contributed by atoms with Gasteiger partial charge in [0.2, 0.25) is 22.8 Å². The molecule has 0 fully saturated rings. The molecule has 0 N–H and O–H groups in total. The van der Waals surface area contributed by atoms with E-state index < -0.39 is 6.85 Å². The van der Waals surface area contributed by atoms with Gasteiger partial charge in [0.25, 0.3) is 0 Å². The van der Waals surface area contributed by atoms with Gasteiger partial charge in [0.05, 0.1) is 0 Å². The van der Waals surface area contributed by atoms with Gasteiger partial charge in [0, 0.05) is 103 Å². The van der Waals surface area contributed by atoms with Crippen LogP contribution >= 0.6 is 0 Å². The first-order chi connectivity index (χ1) is 31.6. The molecule has 0 saturated heterocycles. The van der Waals surface area contributed by atoms with Crippen molar-refractivity contribution in [2.24, 2.45) is 28.2 Å². The van der Waals surface area contributed by atoms with Crippen LogP contribution in [0.4, 0.5) is 0 Å². The lowest BCUT2D eigenvalue weighted by Crippen LogP contribution is -2.34. The molecule has 0 spiro atoms. The number of pyridine rings is 4. The van der Waals surface area contributed by atoms with Crippen LogP contribution in [0.2, 0.25) is 0 Å². The quantitative estimate of drug-likeness (QED) is 0.157. The Hall–Kier alpha value is -6.52. The summed E-state index contributed by atoms with van der Waals surface area (Å²) in [6.45, 7) is 21.3. The Labute approximate surface area is 390 Å². The van der Waals surface area contributed by atoms with Crippen molar-refractivity contribution in [3.05, 3.63) is 213 Å². The van der Waals surface area contributed by atoms with Gasteiger partial charge in [-0.1, -0.05) is 70.8 Å². The second-order valence-electron chi connectivity index (χ2n) is 17.4. The van der Waals surface area contributed by atoms with E-state index in [0.29, 0.717) is 5.56 Å². The predicted octanol–water partition coefficient (Wildman–Crippen LogP) is 12.4. The topological polar surface area (TPSA) is 15.5 Å². The molecule has 0 radical (unpaired) electrons. The zero-order valence-electron chi connectivity index (χ0n) is 44.1. The number of aromatic nitrogens is 4. The van der Waals surface area contributed by atoms with Crippen molar-refractivity contribution in [2.45, 2.75) is 83.0 Å². The Bertz CT molecular complexity index is 2920. The number of rotatable bonds is 4. The lowest BCUT2D eigenvalue weighted by molar-refractivity contribution is -0.666. The van der Waals surface area contributed by atoms with Gasteiger partial charge >= 0.3 is 0 Å². The first-order valence-electron chi connectivity index (χ1n) is 23.8. The minimum Gasteiger partial charge on any atom is -0.199 e. The molecule has 0 unspecified atom stereocenters. The van der Waals surface area contributed by atoms with Gasteiger partial charge in [-0.2, -0.15) is 18.3 Å². The second kappa shape index (κ2) is 21.7. The minimum atomic E-state index is -2.04. The van der Waals surface area contributed by atoms with Crippen molar-refractivity contribution in [1.29, 1.82) is 0 Å². The van der Waals surface area contributed by atoms with Crippen LogP contribution < -0.4 is 18.3 Å². The lowest BCUT2D eigenvalue weighted by Gasteiger charge is -2.06. The fourth-order valence-corrected chi connectivity index (χ4v) is 7.93. The SMILES string of the molecule is Cc1ccc(-c2cccc(C)[n+]2C)c(C)c1.Cc1ccc(C)c(-c2cccc(C)[n+]2C)c1.Cc1ccc(C)c(-c2cccc(C)[n+]2C)c1.[2H]C([2H])([2H])c1ccc(-c2cccc(C)[n+]2C)c(C)c1. The van der Waals surface area contributed by atoms with Gasteiger partial charge in [0.1, 0.15) is 28.2 Å². The Morgan fingerprint density at radius 2 is 0.562 bits per heavy atom. The monoisotopic (exact) mass is 852 g/mol. The van der Waals surface area contributed by atoms with Crippen molar-refractivity contribution < 1.29 is 22.4 Å². The molecule has 8 rings (SSSR count). The highest BCUT2D eigenvalue weighted by Crippen LogP contribution is 2.25. The first kappa shape index (κ1) is 44.1. The molecular weight excluding hydrogens is 777 g/mol. The van der Waals surface area contributed by atoms with Crippen molar-refractivity contribution >= 4 is 0 Å². The smallest absolute Gasteiger partial charge is 0.199 e. The van der Waals surface area contributed by atoms with Gasteiger partial charge in [-0.15, -0.1) is 0 Å². The first-order valence-corrected chi connectivity index (χ1v) is 22.3. The maximum absolute atomic E-state index is 7.45. The summed E-state index contributed by atoms with van der Waals surface area (Å²) in [5, 5.41) is 0. The maximum Gasteiger partial charge on any atom is 0.212 e. The van der Waals surface area contributed by atoms with E-state index >= 15 is 0 Å². The minimum absolute atomic E-state index is 0.393. The fraction of sp³-hybridized carbons (Fsp3) is 0.267. The van der Waals surface area contributed by atoms with Crippen molar-refractivity contribution in [3.8, 4) is 45.0 Å². The molecule has 64 heavy (non-hydrogen) atoms. The van der Waals surface area contributed by atoms with Crippen LogP contribution in [0.5, 0.6) is 0 Å². The fourth-order valence-electron chi connectivity index (χ4n) is 7.93. The molecule has 4 aromatic heterocycles. The summed E-state index contributed by atoms with van der Waals surface area (Å²) < 4.78 is 31.2. The van der Waals surface area contributed by atoms with E-state index in [1.165, 1.54) is 84.2 Å². The second-order valence-corrected chi connectivity index (χ2v) is 17.4. The van der Waals surface area contributed by atoms with Crippen LogP contribution in [0.1, 0.15) is 71.4 Å². The third-order valence-corrected chi connectivity index (χ3v) is 12.4. The molecule has 0 amide bonds. The van der Waals surface area contributed by atoms with E-state index in [2.05, 4.69) is 224 Å². The van der Waals surface area contributed by atoms with Crippen LogP contribution in [0.15, 0.2) is 146 Å². The summed E-state index contributed by atoms with van der Waals surface area (Å²) in [6.07, 6.45) is 0. The zero-order valence-corrected chi connectivity index (χ0v) is 41.1. The van der Waals surface area contributed by atoms with Gasteiger partial charge in [0.15, 0.2) is 22.8 Å². The summed E-state index contributed by atoms with van der Waals surface area (Å²) in [5.74, 6) is 0. The molecule has 8 aromatic rings. The highest BCUT2D eigenvalue weighted by molar-refractivity contribution is 5.64. The van der Waals surface area contributed by atoms with Crippen LogP contribution in [0.25, 0.3) is 45.0 Å². The summed E-state index contributed by atoms with van der Waals surface area (Å²) in [6, 6.07) is 50.5. The average Bonchev–Trinajstić information content (AvgIpc) is 3.27. The van der Waals surface area contributed by atoms with E-state index in [1.807, 2.05) is 32.2 Å². The lowest BCUT2D eigenvalue weighted by atomic mass is 10.0. The highest BCUT2D eigenvalue weighted by Gasteiger charge is 2.17. The van der Waals surface area contributed by atoms with Crippen LogP contribution in [-0.2, 0) is 28.2 Å². The number of hydrogen-bond acceptors (Lipinski definition) is 0. The van der Waals surface area contributed by atoms with Crippen molar-refractivity contribution in [2.75, 3.05) is 0 Å². The average molecular weight is 852 g/mol. The summed E-state index contributed by atoms with van der Waals surface area (Å²) >= 11 is 0. The molecule has 4 heteroatoms.